The number of aromatic nitrogens is 3. The van der Waals surface area contributed by atoms with E-state index >= 15 is 17.6 Å². The lowest BCUT2D eigenvalue weighted by Crippen LogP contribution is -2.52. The van der Waals surface area contributed by atoms with Crippen LogP contribution in [0.4, 0.5) is 29.1 Å². The van der Waals surface area contributed by atoms with Crippen molar-refractivity contribution in [2.45, 2.75) is 115 Å². The molecule has 72 heavy (non-hydrogen) atoms. The predicted molar refractivity (Wildman–Crippen MR) is 266 cm³/mol. The van der Waals surface area contributed by atoms with Gasteiger partial charge in [-0.2, -0.15) is 9.97 Å². The topological polar surface area (TPSA) is 147 Å². The minimum Gasteiger partial charge on any atom is -0.508 e. The van der Waals surface area contributed by atoms with Crippen molar-refractivity contribution < 1.29 is 42.1 Å². The quantitative estimate of drug-likeness (QED) is 0.0861. The van der Waals surface area contributed by atoms with E-state index in [1.807, 2.05) is 11.8 Å². The van der Waals surface area contributed by atoms with Gasteiger partial charge in [0, 0.05) is 73.6 Å². The number of pyridine rings is 1. The summed E-state index contributed by atoms with van der Waals surface area (Å²) in [4.78, 5) is 47.3. The number of aromatic hydroxyl groups is 1. The molecule has 6 fully saturated rings. The Hall–Kier alpha value is -5.65. The highest BCUT2D eigenvalue weighted by Gasteiger charge is 2.46. The molecule has 5 aromatic rings. The van der Waals surface area contributed by atoms with Crippen LogP contribution in [-0.4, -0.2) is 124 Å². The molecule has 5 saturated heterocycles. The smallest absolute Gasteiger partial charge is 0.319 e. The number of ether oxygens (including phenoxy) is 1. The molecule has 1 aliphatic carbocycles. The lowest BCUT2D eigenvalue weighted by molar-refractivity contribution is -0.134. The number of carbonyl (C=O) groups excluding carboxylic acids is 2. The minimum atomic E-state index is -1.01. The predicted octanol–water partition coefficient (Wildman–Crippen LogP) is 8.55. The molecule has 1 saturated carbocycles. The Morgan fingerprint density at radius 3 is 2.24 bits per heavy atom. The molecule has 6 aliphatic rings. The Kier molecular flexibility index (Phi) is 12.8. The normalized spacial score (nSPS) is 24.1. The summed E-state index contributed by atoms with van der Waals surface area (Å²) < 4.78 is 69.5. The van der Waals surface area contributed by atoms with Crippen molar-refractivity contribution in [3.05, 3.63) is 77.0 Å². The first kappa shape index (κ1) is 48.6. The van der Waals surface area contributed by atoms with Crippen LogP contribution < -0.4 is 19.9 Å². The fourth-order valence-corrected chi connectivity index (χ4v) is 12.8. The molecule has 2 aromatic heterocycles. The second kappa shape index (κ2) is 19.0. The number of amides is 2. The van der Waals surface area contributed by atoms with E-state index in [-0.39, 0.29) is 64.3 Å². The maximum absolute atomic E-state index is 17.2. The zero-order chi connectivity index (χ0) is 50.1. The van der Waals surface area contributed by atoms with Gasteiger partial charge in [0.1, 0.15) is 40.2 Å². The number of phenolic OH excluding ortho intramolecular Hbond substituents is 1. The third-order valence-electron chi connectivity index (χ3n) is 17.2. The highest BCUT2D eigenvalue weighted by Crippen LogP contribution is 2.48. The number of nitrogens with one attached hydrogen (secondary N) is 1. The maximum Gasteiger partial charge on any atom is 0.319 e. The third-order valence-corrected chi connectivity index (χ3v) is 17.2. The molecule has 3 aromatic carbocycles. The number of likely N-dealkylation sites (tertiary alicyclic amines) is 2. The number of hydrogen-bond donors (Lipinski definition) is 3. The Bertz CT molecular complexity index is 2900. The number of benzene rings is 3. The summed E-state index contributed by atoms with van der Waals surface area (Å²) in [5.41, 5.74) is -0.0115. The van der Waals surface area contributed by atoms with Crippen molar-refractivity contribution in [3.63, 3.8) is 0 Å². The van der Waals surface area contributed by atoms with E-state index in [1.54, 1.807) is 13.0 Å². The van der Waals surface area contributed by atoms with Crippen molar-refractivity contribution >= 4 is 45.0 Å². The van der Waals surface area contributed by atoms with Gasteiger partial charge in [-0.25, -0.2) is 17.6 Å². The first-order chi connectivity index (χ1) is 34.6. The summed E-state index contributed by atoms with van der Waals surface area (Å²) in [6, 6.07) is 9.12. The summed E-state index contributed by atoms with van der Waals surface area (Å²) in [7, 11) is 0. The van der Waals surface area contributed by atoms with E-state index < -0.39 is 46.6 Å². The number of aliphatic hydroxyl groups is 1. The van der Waals surface area contributed by atoms with E-state index in [0.717, 1.165) is 84.1 Å². The molecule has 1 unspecified atom stereocenters. The van der Waals surface area contributed by atoms with Gasteiger partial charge >= 0.3 is 6.01 Å². The molecule has 382 valence electrons. The summed E-state index contributed by atoms with van der Waals surface area (Å²) in [6.45, 7) is 11.2. The monoisotopic (exact) mass is 992 g/mol. The number of anilines is 2. The van der Waals surface area contributed by atoms with Crippen LogP contribution in [-0.2, 0) is 16.0 Å². The summed E-state index contributed by atoms with van der Waals surface area (Å²) in [5.74, 6) is -4.39. The maximum atomic E-state index is 17.2. The number of phenols is 1. The molecule has 11 rings (SSSR count). The molecule has 3 N–H and O–H groups in total. The lowest BCUT2D eigenvalue weighted by Gasteiger charge is -2.50. The Balaban J connectivity index is 0.720. The van der Waals surface area contributed by atoms with Crippen LogP contribution in [0.25, 0.3) is 32.9 Å². The van der Waals surface area contributed by atoms with Crippen LogP contribution in [0.1, 0.15) is 108 Å². The largest absolute Gasteiger partial charge is 0.508 e. The van der Waals surface area contributed by atoms with E-state index in [4.69, 9.17) is 9.72 Å². The standard InChI is InChI=1S/C55H64F4N8O5/c1-3-37-41(56)7-5-33-25-36(68)28-39(45(33)37)48-47(59)49-40(29-60-48)50(67-18-4-11-53(2,71)30-67)63-52(62-49)72-32-55(12-13-55)31-64-19-9-34(10-20-64)65-21-14-54(15-22-65)16-23-66(24-17-54)35-26-42(57)46(43(58)27-35)38-6-8-44(69)61-51(38)70/h5,7,25-29,34,38,68,71H,3-4,6,8-24,30-32H2,1-2H3,(H,61,69,70)/t38?,53-/m1/s1. The number of aryl methyl sites for hydroxylation is 1. The molecule has 0 radical (unpaired) electrons. The number of imide groups is 1. The Morgan fingerprint density at radius 2 is 1.56 bits per heavy atom. The third kappa shape index (κ3) is 9.45. The Morgan fingerprint density at radius 1 is 0.833 bits per heavy atom. The number of fused-ring (bicyclic) bond motifs is 2. The van der Waals surface area contributed by atoms with Gasteiger partial charge < -0.3 is 34.5 Å². The van der Waals surface area contributed by atoms with Crippen molar-refractivity contribution in [2.24, 2.45) is 10.8 Å². The first-order valence-corrected chi connectivity index (χ1v) is 26.0. The van der Waals surface area contributed by atoms with Crippen LogP contribution in [0.3, 0.4) is 0 Å². The minimum absolute atomic E-state index is 0.00110. The summed E-state index contributed by atoms with van der Waals surface area (Å²) in [6.07, 6.45) is 11.6. The molecular formula is C55H64F4N8O5. The van der Waals surface area contributed by atoms with E-state index in [0.29, 0.717) is 84.8 Å². The van der Waals surface area contributed by atoms with Gasteiger partial charge in [0.05, 0.1) is 23.5 Å². The van der Waals surface area contributed by atoms with Gasteiger partial charge in [-0.3, -0.25) is 19.9 Å². The summed E-state index contributed by atoms with van der Waals surface area (Å²) in [5, 5.41) is 25.5. The molecule has 1 spiro atoms. The van der Waals surface area contributed by atoms with Crippen LogP contribution in [0.2, 0.25) is 0 Å². The number of carbonyl (C=O) groups is 2. The van der Waals surface area contributed by atoms with Gasteiger partial charge in [-0.05, 0) is 162 Å². The summed E-state index contributed by atoms with van der Waals surface area (Å²) >= 11 is 0. The molecule has 2 amide bonds. The van der Waals surface area contributed by atoms with Crippen LogP contribution >= 0.6 is 0 Å². The van der Waals surface area contributed by atoms with Crippen molar-refractivity contribution in [1.29, 1.82) is 0 Å². The highest BCUT2D eigenvalue weighted by molar-refractivity contribution is 6.02. The lowest BCUT2D eigenvalue weighted by atomic mass is 9.71. The SMILES string of the molecule is CCc1c(F)ccc2cc(O)cc(-c3ncc4c(N5CCC[C@@](C)(O)C5)nc(OCC5(CN6CCC(N7CCC8(CCN(c9cc(F)c(C%10CCC(=O)NC%10=O)c(F)c9)CC8)CC7)CC6)CC5)nc4c3F)c12. The van der Waals surface area contributed by atoms with Crippen molar-refractivity contribution in [3.8, 4) is 23.0 Å². The highest BCUT2D eigenvalue weighted by atomic mass is 19.1. The second-order valence-corrected chi connectivity index (χ2v) is 22.2. The van der Waals surface area contributed by atoms with Gasteiger partial charge in [-0.15, -0.1) is 0 Å². The molecule has 5 aliphatic heterocycles. The fourth-order valence-electron chi connectivity index (χ4n) is 12.8. The number of piperidine rings is 5. The first-order valence-electron chi connectivity index (χ1n) is 26.0. The van der Waals surface area contributed by atoms with E-state index in [9.17, 15) is 19.8 Å². The van der Waals surface area contributed by atoms with Gasteiger partial charge in [0.15, 0.2) is 5.82 Å². The zero-order valence-electron chi connectivity index (χ0n) is 41.2. The molecule has 13 nitrogen and oxygen atoms in total. The average molecular weight is 993 g/mol. The van der Waals surface area contributed by atoms with Crippen molar-refractivity contribution in [1.82, 2.24) is 30.1 Å². The molecule has 7 heterocycles. The van der Waals surface area contributed by atoms with E-state index in [1.165, 1.54) is 36.5 Å². The van der Waals surface area contributed by atoms with Crippen LogP contribution in [0.15, 0.2) is 42.6 Å². The number of rotatable bonds is 11. The van der Waals surface area contributed by atoms with Crippen LogP contribution in [0.5, 0.6) is 11.8 Å². The molecule has 0 bridgehead atoms. The number of hydrogen-bond acceptors (Lipinski definition) is 12. The molecule has 17 heteroatoms. The zero-order valence-corrected chi connectivity index (χ0v) is 41.2. The Labute approximate surface area is 416 Å². The molecule has 2 atom stereocenters. The van der Waals surface area contributed by atoms with Gasteiger partial charge in [0.25, 0.3) is 0 Å². The van der Waals surface area contributed by atoms with Crippen molar-refractivity contribution in [2.75, 3.05) is 75.3 Å². The van der Waals surface area contributed by atoms with Crippen LogP contribution in [0, 0.1) is 34.1 Å². The number of halogens is 4. The average Bonchev–Trinajstić information content (AvgIpc) is 4.13. The molecular weight excluding hydrogens is 929 g/mol. The van der Waals surface area contributed by atoms with Gasteiger partial charge in [0.2, 0.25) is 11.8 Å². The van der Waals surface area contributed by atoms with E-state index in [2.05, 4.69) is 30.0 Å². The fraction of sp³-hybridized carbons (Fsp3) is 0.545. The number of nitrogens with zero attached hydrogens (tertiary/aromatic N) is 7. The number of β-amino-alcohol motifs (C(OH)–C–C–N with tert-alkyl or cyclic N) is 1. The van der Waals surface area contributed by atoms with Gasteiger partial charge in [-0.1, -0.05) is 13.0 Å². The second-order valence-electron chi connectivity index (χ2n) is 22.2.